The molecule has 7 heteroatoms. The zero-order valence-electron chi connectivity index (χ0n) is 12.8. The molecule has 0 radical (unpaired) electrons. The summed E-state index contributed by atoms with van der Waals surface area (Å²) >= 11 is 0. The van der Waals surface area contributed by atoms with Gasteiger partial charge in [-0.1, -0.05) is 42.5 Å². The van der Waals surface area contributed by atoms with Gasteiger partial charge in [0.2, 0.25) is 0 Å². The van der Waals surface area contributed by atoms with Crippen molar-refractivity contribution < 1.29 is 24.5 Å². The minimum atomic E-state index is -2.02. The monoisotopic (exact) mass is 330 g/mol. The Hall–Kier alpha value is -3.06. The normalized spacial score (nSPS) is 12.9. The van der Waals surface area contributed by atoms with Crippen LogP contribution in [0.1, 0.15) is 11.1 Å². The molecule has 2 aromatic carbocycles. The van der Waals surface area contributed by atoms with Crippen LogP contribution in [0, 0.1) is 0 Å². The van der Waals surface area contributed by atoms with Crippen LogP contribution in [-0.2, 0) is 22.6 Å². The Morgan fingerprint density at radius 1 is 1.04 bits per heavy atom. The summed E-state index contributed by atoms with van der Waals surface area (Å²) in [6.07, 6.45) is -1.09. The van der Waals surface area contributed by atoms with Gasteiger partial charge in [0, 0.05) is 6.42 Å². The molecule has 1 atom stereocenters. The van der Waals surface area contributed by atoms with Crippen LogP contribution < -0.4 is 11.1 Å². The predicted octanol–water partition coefficient (Wildman–Crippen LogP) is 1.60. The minimum Gasteiger partial charge on any atom is -0.508 e. The Morgan fingerprint density at radius 2 is 1.67 bits per heavy atom. The van der Waals surface area contributed by atoms with Crippen molar-refractivity contribution in [1.82, 2.24) is 5.32 Å². The number of carbonyl (C=O) groups excluding carboxylic acids is 1. The summed E-state index contributed by atoms with van der Waals surface area (Å²) in [7, 11) is 0. The van der Waals surface area contributed by atoms with E-state index in [2.05, 4.69) is 5.32 Å². The van der Waals surface area contributed by atoms with Crippen molar-refractivity contribution in [2.45, 2.75) is 18.7 Å². The zero-order valence-corrected chi connectivity index (χ0v) is 12.8. The maximum Gasteiger partial charge on any atom is 0.409 e. The molecule has 0 aliphatic carbocycles. The van der Waals surface area contributed by atoms with Gasteiger partial charge in [-0.15, -0.1) is 0 Å². The van der Waals surface area contributed by atoms with Crippen molar-refractivity contribution in [3.05, 3.63) is 65.7 Å². The number of nitrogens with two attached hydrogens (primary N) is 1. The Balaban J connectivity index is 1.99. The van der Waals surface area contributed by atoms with Gasteiger partial charge in [-0.05, 0) is 23.3 Å². The van der Waals surface area contributed by atoms with Crippen LogP contribution in [0.5, 0.6) is 5.75 Å². The third kappa shape index (κ3) is 4.72. The fourth-order valence-corrected chi connectivity index (χ4v) is 2.05. The molecule has 2 aromatic rings. The Morgan fingerprint density at radius 3 is 2.25 bits per heavy atom. The van der Waals surface area contributed by atoms with E-state index in [4.69, 9.17) is 10.5 Å². The summed E-state index contributed by atoms with van der Waals surface area (Å²) in [5.41, 5.74) is 5.09. The van der Waals surface area contributed by atoms with Gasteiger partial charge in [-0.2, -0.15) is 0 Å². The molecular formula is C17H18N2O5. The van der Waals surface area contributed by atoms with Crippen molar-refractivity contribution in [2.75, 3.05) is 0 Å². The molecule has 0 spiro atoms. The van der Waals surface area contributed by atoms with Crippen LogP contribution >= 0.6 is 0 Å². The number of hydrogen-bond acceptors (Lipinski definition) is 5. The van der Waals surface area contributed by atoms with Crippen LogP contribution in [0.15, 0.2) is 54.6 Å². The number of ether oxygens (including phenoxy) is 1. The van der Waals surface area contributed by atoms with Crippen molar-refractivity contribution in [3.63, 3.8) is 0 Å². The topological polar surface area (TPSA) is 122 Å². The molecule has 0 aliphatic heterocycles. The summed E-state index contributed by atoms with van der Waals surface area (Å²) in [4.78, 5) is 23.3. The van der Waals surface area contributed by atoms with Gasteiger partial charge in [0.25, 0.3) is 0 Å². The number of phenols is 1. The minimum absolute atomic E-state index is 0.00157. The first-order valence-electron chi connectivity index (χ1n) is 7.18. The van der Waals surface area contributed by atoms with E-state index in [1.807, 2.05) is 6.07 Å². The van der Waals surface area contributed by atoms with Crippen molar-refractivity contribution in [2.24, 2.45) is 5.73 Å². The number of benzene rings is 2. The van der Waals surface area contributed by atoms with E-state index < -0.39 is 17.7 Å². The number of aromatic hydroxyl groups is 1. The van der Waals surface area contributed by atoms with Crippen molar-refractivity contribution >= 4 is 12.1 Å². The molecule has 126 valence electrons. The largest absolute Gasteiger partial charge is 0.508 e. The first-order chi connectivity index (χ1) is 11.4. The highest BCUT2D eigenvalue weighted by Crippen LogP contribution is 2.14. The molecule has 0 saturated carbocycles. The summed E-state index contributed by atoms with van der Waals surface area (Å²) in [5.74, 6) is -1.35. The van der Waals surface area contributed by atoms with Crippen molar-refractivity contribution in [1.29, 1.82) is 0 Å². The number of aliphatic carboxylic acids is 1. The molecule has 0 aliphatic rings. The SMILES string of the molecule is N[C@@](Cc1ccc(O)cc1)(NC(=O)OCc1ccccc1)C(=O)O. The van der Waals surface area contributed by atoms with E-state index in [0.717, 1.165) is 5.56 Å². The molecule has 2 rings (SSSR count). The number of hydrogen-bond donors (Lipinski definition) is 4. The second-order valence-electron chi connectivity index (χ2n) is 5.31. The Bertz CT molecular complexity index is 703. The first kappa shape index (κ1) is 17.3. The zero-order chi connectivity index (χ0) is 17.6. The number of nitrogens with one attached hydrogen (secondary N) is 1. The summed E-state index contributed by atoms with van der Waals surface area (Å²) in [5, 5.41) is 20.8. The molecule has 0 saturated heterocycles. The van der Waals surface area contributed by atoms with Gasteiger partial charge in [-0.3, -0.25) is 11.1 Å². The lowest BCUT2D eigenvalue weighted by Crippen LogP contribution is -2.63. The third-order valence-corrected chi connectivity index (χ3v) is 3.34. The van der Waals surface area contributed by atoms with Crippen LogP contribution in [0.4, 0.5) is 4.79 Å². The fourth-order valence-electron chi connectivity index (χ4n) is 2.05. The molecule has 1 amide bonds. The smallest absolute Gasteiger partial charge is 0.409 e. The third-order valence-electron chi connectivity index (χ3n) is 3.34. The van der Waals surface area contributed by atoms with Crippen molar-refractivity contribution in [3.8, 4) is 5.75 Å². The van der Waals surface area contributed by atoms with Crippen LogP contribution in [0.25, 0.3) is 0 Å². The van der Waals surface area contributed by atoms with Gasteiger partial charge in [0.15, 0.2) is 5.66 Å². The van der Waals surface area contributed by atoms with E-state index >= 15 is 0 Å². The molecule has 5 N–H and O–H groups in total. The molecule has 7 nitrogen and oxygen atoms in total. The molecule has 24 heavy (non-hydrogen) atoms. The number of carbonyl (C=O) groups is 2. The van der Waals surface area contributed by atoms with Crippen LogP contribution in [0.3, 0.4) is 0 Å². The molecule has 0 bridgehead atoms. The lowest BCUT2D eigenvalue weighted by Gasteiger charge is -2.25. The van der Waals surface area contributed by atoms with Gasteiger partial charge in [0.05, 0.1) is 0 Å². The van der Waals surface area contributed by atoms with Gasteiger partial charge in [-0.25, -0.2) is 9.59 Å². The fraction of sp³-hybridized carbons (Fsp3) is 0.176. The van der Waals surface area contributed by atoms with E-state index in [9.17, 15) is 19.8 Å². The van der Waals surface area contributed by atoms with E-state index in [1.165, 1.54) is 24.3 Å². The second kappa shape index (κ2) is 7.47. The van der Waals surface area contributed by atoms with Crippen LogP contribution in [0.2, 0.25) is 0 Å². The molecule has 0 unspecified atom stereocenters. The van der Waals surface area contributed by atoms with Crippen LogP contribution in [-0.4, -0.2) is 27.9 Å². The standard InChI is InChI=1S/C17H18N2O5/c18-17(15(21)22,10-12-6-8-14(20)9-7-12)19-16(23)24-11-13-4-2-1-3-5-13/h1-9,20H,10-11,18H2,(H,19,23)(H,21,22)/t17-/m0/s1. The lowest BCUT2D eigenvalue weighted by atomic mass is 10.0. The number of alkyl carbamates (subject to hydrolysis) is 1. The van der Waals surface area contributed by atoms with Gasteiger partial charge >= 0.3 is 12.1 Å². The Kier molecular flexibility index (Phi) is 5.39. The van der Waals surface area contributed by atoms with Gasteiger partial charge in [0.1, 0.15) is 12.4 Å². The number of phenolic OH excluding ortho intramolecular Hbond substituents is 1. The van der Waals surface area contributed by atoms with Gasteiger partial charge < -0.3 is 14.9 Å². The average Bonchev–Trinajstić information content (AvgIpc) is 2.56. The van der Waals surface area contributed by atoms with E-state index in [-0.39, 0.29) is 18.8 Å². The highest BCUT2D eigenvalue weighted by molar-refractivity contribution is 5.84. The highest BCUT2D eigenvalue weighted by atomic mass is 16.5. The molecule has 0 heterocycles. The average molecular weight is 330 g/mol. The molecule has 0 aromatic heterocycles. The maximum absolute atomic E-state index is 11.9. The second-order valence-corrected chi connectivity index (χ2v) is 5.31. The number of carboxylic acid groups (broad SMARTS) is 1. The Labute approximate surface area is 138 Å². The molecule has 0 fully saturated rings. The van der Waals surface area contributed by atoms with E-state index in [0.29, 0.717) is 5.56 Å². The summed E-state index contributed by atoms with van der Waals surface area (Å²) < 4.78 is 5.00. The number of carboxylic acids is 1. The maximum atomic E-state index is 11.9. The first-order valence-corrected chi connectivity index (χ1v) is 7.18. The summed E-state index contributed by atoms with van der Waals surface area (Å²) in [6.45, 7) is 0.00157. The predicted molar refractivity (Wildman–Crippen MR) is 86.1 cm³/mol. The number of rotatable bonds is 6. The quantitative estimate of drug-likeness (QED) is 0.597. The molecular weight excluding hydrogens is 312 g/mol. The summed E-state index contributed by atoms with van der Waals surface area (Å²) in [6, 6.07) is 14.8. The van der Waals surface area contributed by atoms with E-state index in [1.54, 1.807) is 24.3 Å². The highest BCUT2D eigenvalue weighted by Gasteiger charge is 2.36. The lowest BCUT2D eigenvalue weighted by molar-refractivity contribution is -0.144. The number of amides is 1.